The minimum atomic E-state index is -0.763. The third-order valence-corrected chi connectivity index (χ3v) is 3.44. The van der Waals surface area contributed by atoms with Gasteiger partial charge in [0.1, 0.15) is 17.3 Å². The zero-order valence-electron chi connectivity index (χ0n) is 10.2. The standard InChI is InChI=1S/C11H14ClN5O2/c12-8-5-9(17-10(16-8)14-7-15-17)13-6-11(18)1-3-19-4-2-11/h5,7,13,18H,1-4,6H2. The molecular formula is C11H14ClN5O2. The fourth-order valence-corrected chi connectivity index (χ4v) is 2.27. The number of rotatable bonds is 3. The van der Waals surface area contributed by atoms with Gasteiger partial charge in [-0.3, -0.25) is 0 Å². The lowest BCUT2D eigenvalue weighted by Gasteiger charge is -2.32. The molecule has 1 aliphatic rings. The minimum absolute atomic E-state index is 0.335. The fraction of sp³-hybridized carbons (Fsp3) is 0.545. The molecule has 0 atom stereocenters. The van der Waals surface area contributed by atoms with Gasteiger partial charge in [-0.2, -0.15) is 19.6 Å². The number of nitrogens with zero attached hydrogens (tertiary/aromatic N) is 4. The Bertz CT molecular complexity index is 581. The zero-order valence-corrected chi connectivity index (χ0v) is 11.0. The van der Waals surface area contributed by atoms with E-state index in [0.29, 0.717) is 49.3 Å². The Hall–Kier alpha value is -1.44. The molecule has 8 heteroatoms. The van der Waals surface area contributed by atoms with Crippen molar-refractivity contribution >= 4 is 23.2 Å². The number of ether oxygens (including phenoxy) is 1. The van der Waals surface area contributed by atoms with Gasteiger partial charge in [-0.15, -0.1) is 0 Å². The molecule has 1 aliphatic heterocycles. The average molecular weight is 284 g/mol. The van der Waals surface area contributed by atoms with Crippen molar-refractivity contribution < 1.29 is 9.84 Å². The van der Waals surface area contributed by atoms with E-state index in [9.17, 15) is 5.11 Å². The van der Waals surface area contributed by atoms with E-state index in [2.05, 4.69) is 20.4 Å². The van der Waals surface area contributed by atoms with Gasteiger partial charge in [-0.25, -0.2) is 0 Å². The first-order chi connectivity index (χ1) is 9.16. The van der Waals surface area contributed by atoms with Gasteiger partial charge in [0.25, 0.3) is 5.78 Å². The van der Waals surface area contributed by atoms with Crippen LogP contribution in [0.3, 0.4) is 0 Å². The molecule has 19 heavy (non-hydrogen) atoms. The lowest BCUT2D eigenvalue weighted by molar-refractivity contribution is -0.0544. The van der Waals surface area contributed by atoms with Gasteiger partial charge in [0.15, 0.2) is 0 Å². The predicted molar refractivity (Wildman–Crippen MR) is 69.3 cm³/mol. The van der Waals surface area contributed by atoms with Gasteiger partial charge >= 0.3 is 0 Å². The van der Waals surface area contributed by atoms with E-state index in [4.69, 9.17) is 16.3 Å². The van der Waals surface area contributed by atoms with Crippen LogP contribution in [0.4, 0.5) is 5.82 Å². The van der Waals surface area contributed by atoms with E-state index in [1.165, 1.54) is 6.33 Å². The molecule has 3 rings (SSSR count). The molecule has 0 aromatic carbocycles. The van der Waals surface area contributed by atoms with Crippen molar-refractivity contribution in [1.82, 2.24) is 19.6 Å². The summed E-state index contributed by atoms with van der Waals surface area (Å²) in [7, 11) is 0. The SMILES string of the molecule is OC1(CNc2cc(Cl)nc3ncnn23)CCOCC1. The molecule has 7 nitrogen and oxygen atoms in total. The molecule has 0 aliphatic carbocycles. The van der Waals surface area contributed by atoms with Crippen LogP contribution in [0.15, 0.2) is 12.4 Å². The van der Waals surface area contributed by atoms with Crippen molar-refractivity contribution in [1.29, 1.82) is 0 Å². The molecule has 2 aromatic heterocycles. The fourth-order valence-electron chi connectivity index (χ4n) is 2.09. The summed E-state index contributed by atoms with van der Waals surface area (Å²) in [6.07, 6.45) is 2.63. The van der Waals surface area contributed by atoms with Gasteiger partial charge in [-0.05, 0) is 0 Å². The second kappa shape index (κ2) is 4.92. The van der Waals surface area contributed by atoms with E-state index < -0.39 is 5.60 Å². The van der Waals surface area contributed by atoms with Crippen LogP contribution < -0.4 is 5.32 Å². The van der Waals surface area contributed by atoms with Gasteiger partial charge in [0, 0.05) is 38.7 Å². The second-order valence-electron chi connectivity index (χ2n) is 4.63. The monoisotopic (exact) mass is 283 g/mol. The van der Waals surface area contributed by atoms with E-state index >= 15 is 0 Å². The summed E-state index contributed by atoms with van der Waals surface area (Å²) in [6.45, 7) is 1.56. The first-order valence-electron chi connectivity index (χ1n) is 6.07. The van der Waals surface area contributed by atoms with Crippen molar-refractivity contribution in [2.75, 3.05) is 25.1 Å². The van der Waals surface area contributed by atoms with Gasteiger partial charge in [-0.1, -0.05) is 11.6 Å². The van der Waals surface area contributed by atoms with Crippen molar-refractivity contribution in [2.24, 2.45) is 0 Å². The van der Waals surface area contributed by atoms with Crippen molar-refractivity contribution in [3.05, 3.63) is 17.5 Å². The van der Waals surface area contributed by atoms with Crippen LogP contribution in [0.1, 0.15) is 12.8 Å². The number of anilines is 1. The number of hydrogen-bond donors (Lipinski definition) is 2. The lowest BCUT2D eigenvalue weighted by atomic mass is 9.94. The van der Waals surface area contributed by atoms with Gasteiger partial charge in [0.05, 0.1) is 5.60 Å². The highest BCUT2D eigenvalue weighted by molar-refractivity contribution is 6.29. The largest absolute Gasteiger partial charge is 0.388 e. The summed E-state index contributed by atoms with van der Waals surface area (Å²) in [5, 5.41) is 17.9. The quantitative estimate of drug-likeness (QED) is 0.808. The molecule has 102 valence electrons. The Kier molecular flexibility index (Phi) is 3.26. The van der Waals surface area contributed by atoms with E-state index in [0.717, 1.165) is 0 Å². The van der Waals surface area contributed by atoms with Crippen LogP contribution in [0, 0.1) is 0 Å². The minimum Gasteiger partial charge on any atom is -0.388 e. The highest BCUT2D eigenvalue weighted by atomic mass is 35.5. The third-order valence-electron chi connectivity index (χ3n) is 3.24. The maximum Gasteiger partial charge on any atom is 0.255 e. The molecule has 0 spiro atoms. The Labute approximate surface area is 114 Å². The van der Waals surface area contributed by atoms with E-state index in [1.807, 2.05) is 0 Å². The Morgan fingerprint density at radius 3 is 3.05 bits per heavy atom. The van der Waals surface area contributed by atoms with Crippen LogP contribution in [-0.2, 0) is 4.74 Å². The topological polar surface area (TPSA) is 84.6 Å². The Morgan fingerprint density at radius 1 is 1.47 bits per heavy atom. The molecule has 0 unspecified atom stereocenters. The summed E-state index contributed by atoms with van der Waals surface area (Å²) in [6, 6.07) is 1.66. The molecule has 3 heterocycles. The molecule has 0 amide bonds. The summed E-state index contributed by atoms with van der Waals surface area (Å²) in [5.41, 5.74) is -0.763. The summed E-state index contributed by atoms with van der Waals surface area (Å²) >= 11 is 5.92. The van der Waals surface area contributed by atoms with Crippen LogP contribution in [0.25, 0.3) is 5.78 Å². The zero-order chi connectivity index (χ0) is 13.3. The van der Waals surface area contributed by atoms with Crippen LogP contribution in [0.2, 0.25) is 5.15 Å². The molecule has 2 N–H and O–H groups in total. The maximum absolute atomic E-state index is 10.4. The molecular weight excluding hydrogens is 270 g/mol. The summed E-state index contributed by atoms with van der Waals surface area (Å²) < 4.78 is 6.80. The Morgan fingerprint density at radius 2 is 2.26 bits per heavy atom. The van der Waals surface area contributed by atoms with Crippen molar-refractivity contribution in [3.8, 4) is 0 Å². The number of nitrogens with one attached hydrogen (secondary N) is 1. The number of aromatic nitrogens is 4. The summed E-state index contributed by atoms with van der Waals surface area (Å²) in [4.78, 5) is 8.03. The van der Waals surface area contributed by atoms with Crippen LogP contribution >= 0.6 is 11.6 Å². The molecule has 0 saturated carbocycles. The normalized spacial score (nSPS) is 18.6. The number of halogens is 1. The number of hydrogen-bond acceptors (Lipinski definition) is 6. The first-order valence-corrected chi connectivity index (χ1v) is 6.44. The Balaban J connectivity index is 1.79. The molecule has 0 bridgehead atoms. The highest BCUT2D eigenvalue weighted by Gasteiger charge is 2.29. The smallest absolute Gasteiger partial charge is 0.255 e. The molecule has 1 fully saturated rings. The average Bonchev–Trinajstić information content (AvgIpc) is 2.85. The number of aliphatic hydroxyl groups is 1. The number of fused-ring (bicyclic) bond motifs is 1. The predicted octanol–water partition coefficient (Wildman–Crippen LogP) is 0.731. The molecule has 2 aromatic rings. The van der Waals surface area contributed by atoms with Gasteiger partial charge < -0.3 is 15.2 Å². The van der Waals surface area contributed by atoms with E-state index in [-0.39, 0.29) is 0 Å². The maximum atomic E-state index is 10.4. The lowest BCUT2D eigenvalue weighted by Crippen LogP contribution is -2.42. The highest BCUT2D eigenvalue weighted by Crippen LogP contribution is 2.22. The van der Waals surface area contributed by atoms with Crippen molar-refractivity contribution in [2.45, 2.75) is 18.4 Å². The molecule has 0 radical (unpaired) electrons. The van der Waals surface area contributed by atoms with Crippen LogP contribution in [0.5, 0.6) is 0 Å². The van der Waals surface area contributed by atoms with Crippen molar-refractivity contribution in [3.63, 3.8) is 0 Å². The van der Waals surface area contributed by atoms with Gasteiger partial charge in [0.2, 0.25) is 0 Å². The first kappa shape index (κ1) is 12.6. The van der Waals surface area contributed by atoms with E-state index in [1.54, 1.807) is 10.6 Å². The second-order valence-corrected chi connectivity index (χ2v) is 5.01. The summed E-state index contributed by atoms with van der Waals surface area (Å²) in [5.74, 6) is 1.08. The third kappa shape index (κ3) is 2.63. The van der Waals surface area contributed by atoms with Crippen LogP contribution in [-0.4, -0.2) is 50.0 Å². The molecule has 1 saturated heterocycles.